The Morgan fingerprint density at radius 1 is 1.59 bits per heavy atom. The lowest BCUT2D eigenvalue weighted by atomic mass is 10.0. The van der Waals surface area contributed by atoms with Crippen LogP contribution in [0.2, 0.25) is 0 Å². The molecule has 5 heteroatoms. The van der Waals surface area contributed by atoms with Gasteiger partial charge in [-0.3, -0.25) is 4.79 Å². The highest BCUT2D eigenvalue weighted by molar-refractivity contribution is 5.87. The molecule has 1 fully saturated rings. The Morgan fingerprint density at radius 2 is 2.29 bits per heavy atom. The van der Waals surface area contributed by atoms with Crippen LogP contribution in [0.5, 0.6) is 0 Å². The van der Waals surface area contributed by atoms with E-state index in [9.17, 15) is 9.59 Å². The van der Waals surface area contributed by atoms with Crippen molar-refractivity contribution in [1.82, 2.24) is 10.2 Å². The molecule has 0 saturated carbocycles. The molecule has 1 rings (SSSR count). The standard InChI is InChI=1S/C12H16N2O3/c1-3-6-13-10(8-11(15)16)9-5-7-14(4-2)12(9)17/h3-4,8-9,13H,1-2,5-7H2,(H,15,16). The minimum absolute atomic E-state index is 0.121. The molecule has 92 valence electrons. The van der Waals surface area contributed by atoms with Gasteiger partial charge in [-0.05, 0) is 12.6 Å². The molecule has 0 bridgehead atoms. The van der Waals surface area contributed by atoms with E-state index < -0.39 is 11.9 Å². The summed E-state index contributed by atoms with van der Waals surface area (Å²) in [5.74, 6) is -1.62. The number of carbonyl (C=O) groups excluding carboxylic acids is 1. The van der Waals surface area contributed by atoms with Gasteiger partial charge in [-0.1, -0.05) is 12.7 Å². The maximum atomic E-state index is 11.9. The summed E-state index contributed by atoms with van der Waals surface area (Å²) in [6.45, 7) is 8.08. The second-order valence-electron chi connectivity index (χ2n) is 3.66. The van der Waals surface area contributed by atoms with E-state index in [1.807, 2.05) is 0 Å². The van der Waals surface area contributed by atoms with E-state index in [2.05, 4.69) is 18.5 Å². The highest BCUT2D eigenvalue weighted by atomic mass is 16.4. The first-order valence-corrected chi connectivity index (χ1v) is 5.32. The van der Waals surface area contributed by atoms with Crippen molar-refractivity contribution in [1.29, 1.82) is 0 Å². The summed E-state index contributed by atoms with van der Waals surface area (Å²) >= 11 is 0. The normalized spacial score (nSPS) is 20.2. The number of hydrogen-bond donors (Lipinski definition) is 2. The van der Waals surface area contributed by atoms with Crippen LogP contribution in [0.25, 0.3) is 0 Å². The predicted octanol–water partition coefficient (Wildman–Crippen LogP) is 0.722. The van der Waals surface area contributed by atoms with Crippen LogP contribution in [0.4, 0.5) is 0 Å². The fourth-order valence-corrected chi connectivity index (χ4v) is 1.77. The zero-order valence-corrected chi connectivity index (χ0v) is 9.56. The third-order valence-corrected chi connectivity index (χ3v) is 2.57. The van der Waals surface area contributed by atoms with E-state index in [1.54, 1.807) is 6.08 Å². The van der Waals surface area contributed by atoms with Gasteiger partial charge >= 0.3 is 5.97 Å². The highest BCUT2D eigenvalue weighted by Crippen LogP contribution is 2.23. The molecule has 0 aromatic carbocycles. The maximum absolute atomic E-state index is 11.9. The fourth-order valence-electron chi connectivity index (χ4n) is 1.77. The molecule has 1 aliphatic rings. The van der Waals surface area contributed by atoms with E-state index in [1.165, 1.54) is 11.1 Å². The Morgan fingerprint density at radius 3 is 2.76 bits per heavy atom. The van der Waals surface area contributed by atoms with Gasteiger partial charge in [0.15, 0.2) is 0 Å². The molecule has 5 nitrogen and oxygen atoms in total. The van der Waals surface area contributed by atoms with Gasteiger partial charge in [-0.15, -0.1) is 6.58 Å². The van der Waals surface area contributed by atoms with Crippen molar-refractivity contribution < 1.29 is 14.7 Å². The van der Waals surface area contributed by atoms with Crippen LogP contribution in [-0.4, -0.2) is 35.0 Å². The van der Waals surface area contributed by atoms with E-state index >= 15 is 0 Å². The van der Waals surface area contributed by atoms with Crippen LogP contribution >= 0.6 is 0 Å². The quantitative estimate of drug-likeness (QED) is 0.526. The van der Waals surface area contributed by atoms with E-state index in [-0.39, 0.29) is 5.91 Å². The molecule has 1 amide bonds. The van der Waals surface area contributed by atoms with Crippen molar-refractivity contribution in [2.45, 2.75) is 6.42 Å². The van der Waals surface area contributed by atoms with E-state index in [4.69, 9.17) is 5.11 Å². The maximum Gasteiger partial charge on any atom is 0.330 e. The Balaban J connectivity index is 2.84. The number of carbonyl (C=O) groups is 2. The highest BCUT2D eigenvalue weighted by Gasteiger charge is 2.33. The summed E-state index contributed by atoms with van der Waals surface area (Å²) in [4.78, 5) is 24.1. The fraction of sp³-hybridized carbons (Fsp3) is 0.333. The first-order valence-electron chi connectivity index (χ1n) is 5.32. The van der Waals surface area contributed by atoms with Gasteiger partial charge in [0, 0.05) is 24.9 Å². The molecule has 1 aliphatic heterocycles. The van der Waals surface area contributed by atoms with Crippen molar-refractivity contribution in [2.75, 3.05) is 13.1 Å². The molecule has 1 saturated heterocycles. The molecular weight excluding hydrogens is 220 g/mol. The Labute approximate surface area is 100 Å². The smallest absolute Gasteiger partial charge is 0.330 e. The Bertz CT molecular complexity index is 374. The number of aliphatic carboxylic acids is 1. The number of hydrogen-bond acceptors (Lipinski definition) is 3. The number of likely N-dealkylation sites (tertiary alicyclic amines) is 1. The summed E-state index contributed by atoms with van der Waals surface area (Å²) in [6, 6.07) is 0. The van der Waals surface area contributed by atoms with Gasteiger partial charge in [0.1, 0.15) is 0 Å². The SMILES string of the molecule is C=CCNC(=CC(=O)O)C1CCN(C=C)C1=O. The Kier molecular flexibility index (Phi) is 4.51. The van der Waals surface area contributed by atoms with Gasteiger partial charge < -0.3 is 15.3 Å². The first-order chi connectivity index (χ1) is 8.10. The Hall–Kier alpha value is -2.04. The van der Waals surface area contributed by atoms with Crippen LogP contribution < -0.4 is 5.32 Å². The lowest BCUT2D eigenvalue weighted by Crippen LogP contribution is -2.28. The largest absolute Gasteiger partial charge is 0.478 e. The van der Waals surface area contributed by atoms with Crippen molar-refractivity contribution >= 4 is 11.9 Å². The van der Waals surface area contributed by atoms with Crippen LogP contribution in [-0.2, 0) is 9.59 Å². The molecule has 0 aromatic rings. The monoisotopic (exact) mass is 236 g/mol. The molecule has 0 aromatic heterocycles. The van der Waals surface area contributed by atoms with Gasteiger partial charge in [0.05, 0.1) is 5.92 Å². The van der Waals surface area contributed by atoms with Gasteiger partial charge in [-0.25, -0.2) is 4.79 Å². The molecule has 1 unspecified atom stereocenters. The molecule has 1 atom stereocenters. The summed E-state index contributed by atoms with van der Waals surface area (Å²) in [6.07, 6.45) is 4.71. The minimum Gasteiger partial charge on any atom is -0.478 e. The second kappa shape index (κ2) is 5.89. The van der Waals surface area contributed by atoms with Crippen LogP contribution in [0.15, 0.2) is 37.2 Å². The van der Waals surface area contributed by atoms with Gasteiger partial charge in [-0.2, -0.15) is 0 Å². The number of amides is 1. The number of carboxylic acid groups (broad SMARTS) is 1. The van der Waals surface area contributed by atoms with Gasteiger partial charge in [0.25, 0.3) is 0 Å². The van der Waals surface area contributed by atoms with Gasteiger partial charge in [0.2, 0.25) is 5.91 Å². The molecule has 2 N–H and O–H groups in total. The van der Waals surface area contributed by atoms with Crippen LogP contribution in [0.3, 0.4) is 0 Å². The molecule has 0 radical (unpaired) electrons. The van der Waals surface area contributed by atoms with E-state index in [0.717, 1.165) is 6.08 Å². The number of rotatable bonds is 6. The van der Waals surface area contributed by atoms with Crippen molar-refractivity contribution in [2.24, 2.45) is 5.92 Å². The predicted molar refractivity (Wildman–Crippen MR) is 63.9 cm³/mol. The number of carboxylic acids is 1. The summed E-state index contributed by atoms with van der Waals surface area (Å²) < 4.78 is 0. The molecule has 1 heterocycles. The van der Waals surface area contributed by atoms with Crippen LogP contribution in [0, 0.1) is 5.92 Å². The zero-order valence-electron chi connectivity index (χ0n) is 9.56. The van der Waals surface area contributed by atoms with Crippen LogP contribution in [0.1, 0.15) is 6.42 Å². The zero-order chi connectivity index (χ0) is 12.8. The third kappa shape index (κ3) is 3.21. The average Bonchev–Trinajstić information content (AvgIpc) is 2.65. The first kappa shape index (κ1) is 13.0. The molecule has 0 spiro atoms. The third-order valence-electron chi connectivity index (χ3n) is 2.57. The summed E-state index contributed by atoms with van der Waals surface area (Å²) in [5.41, 5.74) is 0.423. The summed E-state index contributed by atoms with van der Waals surface area (Å²) in [5, 5.41) is 11.7. The topological polar surface area (TPSA) is 69.6 Å². The molecule has 0 aliphatic carbocycles. The molecular formula is C12H16N2O3. The van der Waals surface area contributed by atoms with Crippen molar-refractivity contribution in [3.05, 3.63) is 37.2 Å². The lowest BCUT2D eigenvalue weighted by molar-refractivity contribution is -0.131. The summed E-state index contributed by atoms with van der Waals surface area (Å²) in [7, 11) is 0. The van der Waals surface area contributed by atoms with Crippen molar-refractivity contribution in [3.8, 4) is 0 Å². The van der Waals surface area contributed by atoms with E-state index in [0.29, 0.717) is 25.2 Å². The second-order valence-corrected chi connectivity index (χ2v) is 3.66. The minimum atomic E-state index is -1.07. The molecule has 17 heavy (non-hydrogen) atoms. The number of nitrogens with zero attached hydrogens (tertiary/aromatic N) is 1. The van der Waals surface area contributed by atoms with Crippen molar-refractivity contribution in [3.63, 3.8) is 0 Å². The average molecular weight is 236 g/mol. The lowest BCUT2D eigenvalue weighted by Gasteiger charge is -2.15. The number of nitrogens with one attached hydrogen (secondary N) is 1.